The molecule has 7 nitrogen and oxygen atoms in total. The maximum absolute atomic E-state index is 12.8. The third-order valence-corrected chi connectivity index (χ3v) is 5.34. The van der Waals surface area contributed by atoms with E-state index in [4.69, 9.17) is 0 Å². The summed E-state index contributed by atoms with van der Waals surface area (Å²) in [6.45, 7) is 4.91. The summed E-state index contributed by atoms with van der Waals surface area (Å²) in [4.78, 5) is 24.8. The van der Waals surface area contributed by atoms with Crippen LogP contribution in [0.25, 0.3) is 21.5 Å². The minimum atomic E-state index is -0.232. The van der Waals surface area contributed by atoms with Gasteiger partial charge in [0, 0.05) is 18.4 Å². The fourth-order valence-corrected chi connectivity index (χ4v) is 3.85. The van der Waals surface area contributed by atoms with Crippen LogP contribution in [0.4, 0.5) is 11.6 Å². The molecule has 0 fully saturated rings. The lowest BCUT2D eigenvalue weighted by Gasteiger charge is -2.11. The SMILES string of the molecule is C=CCn1nc(-c2cccs2)c2nc(Nc3ccc(CN(C)C)cc3)ncc2c1=O. The average molecular weight is 419 g/mol. The summed E-state index contributed by atoms with van der Waals surface area (Å²) in [5, 5.41) is 10.2. The van der Waals surface area contributed by atoms with Gasteiger partial charge >= 0.3 is 0 Å². The van der Waals surface area contributed by atoms with E-state index < -0.39 is 0 Å². The molecular weight excluding hydrogens is 396 g/mol. The van der Waals surface area contributed by atoms with Gasteiger partial charge in [0.05, 0.1) is 16.8 Å². The number of hydrogen-bond acceptors (Lipinski definition) is 7. The molecule has 30 heavy (non-hydrogen) atoms. The maximum Gasteiger partial charge on any atom is 0.278 e. The molecule has 0 saturated heterocycles. The molecule has 0 aliphatic carbocycles. The van der Waals surface area contributed by atoms with E-state index in [0.717, 1.165) is 17.1 Å². The van der Waals surface area contributed by atoms with Crippen LogP contribution in [0.5, 0.6) is 0 Å². The van der Waals surface area contributed by atoms with Crippen LogP contribution < -0.4 is 10.9 Å². The predicted molar refractivity (Wildman–Crippen MR) is 122 cm³/mol. The summed E-state index contributed by atoms with van der Waals surface area (Å²) >= 11 is 1.55. The van der Waals surface area contributed by atoms with Crippen molar-refractivity contribution in [3.63, 3.8) is 0 Å². The molecule has 0 aliphatic rings. The molecule has 1 aromatic carbocycles. The average Bonchev–Trinajstić information content (AvgIpc) is 3.26. The van der Waals surface area contributed by atoms with Gasteiger partial charge in [0.25, 0.3) is 5.56 Å². The molecule has 4 rings (SSSR count). The second-order valence-electron chi connectivity index (χ2n) is 7.12. The van der Waals surface area contributed by atoms with Gasteiger partial charge in [-0.3, -0.25) is 4.79 Å². The van der Waals surface area contributed by atoms with Gasteiger partial charge in [-0.15, -0.1) is 17.9 Å². The van der Waals surface area contributed by atoms with E-state index in [-0.39, 0.29) is 5.56 Å². The Hall–Kier alpha value is -3.36. The molecule has 152 valence electrons. The molecule has 0 radical (unpaired) electrons. The minimum absolute atomic E-state index is 0.232. The summed E-state index contributed by atoms with van der Waals surface area (Å²) in [6, 6.07) is 12.0. The molecule has 0 saturated carbocycles. The Morgan fingerprint density at radius 1 is 1.23 bits per heavy atom. The minimum Gasteiger partial charge on any atom is -0.324 e. The summed E-state index contributed by atoms with van der Waals surface area (Å²) in [7, 11) is 4.08. The van der Waals surface area contributed by atoms with Crippen LogP contribution in [0.15, 0.2) is 65.4 Å². The van der Waals surface area contributed by atoms with E-state index in [0.29, 0.717) is 29.1 Å². The van der Waals surface area contributed by atoms with Gasteiger partial charge in [0.15, 0.2) is 0 Å². The summed E-state index contributed by atoms with van der Waals surface area (Å²) in [5.74, 6) is 0.420. The number of rotatable bonds is 7. The Morgan fingerprint density at radius 3 is 2.70 bits per heavy atom. The summed E-state index contributed by atoms with van der Waals surface area (Å²) < 4.78 is 1.39. The molecule has 0 amide bonds. The first-order valence-corrected chi connectivity index (χ1v) is 10.4. The topological polar surface area (TPSA) is 75.9 Å². The third-order valence-electron chi connectivity index (χ3n) is 4.46. The number of fused-ring (bicyclic) bond motifs is 1. The van der Waals surface area contributed by atoms with Crippen molar-refractivity contribution in [3.05, 3.63) is 76.5 Å². The van der Waals surface area contributed by atoms with Crippen LogP contribution in [0.1, 0.15) is 5.56 Å². The number of nitrogens with zero attached hydrogens (tertiary/aromatic N) is 5. The Morgan fingerprint density at radius 2 is 2.03 bits per heavy atom. The van der Waals surface area contributed by atoms with Gasteiger partial charge in [0.2, 0.25) is 5.95 Å². The van der Waals surface area contributed by atoms with Crippen LogP contribution in [-0.4, -0.2) is 38.7 Å². The van der Waals surface area contributed by atoms with Gasteiger partial charge in [-0.2, -0.15) is 5.10 Å². The highest BCUT2D eigenvalue weighted by Crippen LogP contribution is 2.28. The van der Waals surface area contributed by atoms with Gasteiger partial charge in [-0.25, -0.2) is 14.6 Å². The lowest BCUT2D eigenvalue weighted by atomic mass is 10.2. The summed E-state index contributed by atoms with van der Waals surface area (Å²) in [5.41, 5.74) is 3.06. The zero-order chi connectivity index (χ0) is 21.1. The molecule has 0 spiro atoms. The van der Waals surface area contributed by atoms with Gasteiger partial charge in [-0.05, 0) is 43.2 Å². The fraction of sp³-hybridized carbons (Fsp3) is 0.182. The molecule has 0 bridgehead atoms. The number of hydrogen-bond donors (Lipinski definition) is 1. The quantitative estimate of drug-likeness (QED) is 0.459. The largest absolute Gasteiger partial charge is 0.324 e. The molecule has 3 aromatic heterocycles. The highest BCUT2D eigenvalue weighted by atomic mass is 32.1. The van der Waals surface area contributed by atoms with Crippen molar-refractivity contribution in [1.82, 2.24) is 24.6 Å². The number of anilines is 2. The van der Waals surface area contributed by atoms with Gasteiger partial charge < -0.3 is 10.2 Å². The molecular formula is C22H22N6OS. The van der Waals surface area contributed by atoms with Crippen molar-refractivity contribution < 1.29 is 0 Å². The first kappa shape index (κ1) is 19.9. The molecule has 4 aromatic rings. The number of nitrogens with one attached hydrogen (secondary N) is 1. The normalized spacial score (nSPS) is 11.2. The van der Waals surface area contributed by atoms with Crippen LogP contribution in [0.3, 0.4) is 0 Å². The van der Waals surface area contributed by atoms with Crippen molar-refractivity contribution in [3.8, 4) is 10.6 Å². The molecule has 3 heterocycles. The van der Waals surface area contributed by atoms with E-state index >= 15 is 0 Å². The van der Waals surface area contributed by atoms with Gasteiger partial charge in [0.1, 0.15) is 11.2 Å². The van der Waals surface area contributed by atoms with Crippen molar-refractivity contribution in [2.75, 3.05) is 19.4 Å². The highest BCUT2D eigenvalue weighted by Gasteiger charge is 2.15. The second kappa shape index (κ2) is 8.56. The first-order chi connectivity index (χ1) is 14.5. The maximum atomic E-state index is 12.8. The Labute approximate surface area is 178 Å². The van der Waals surface area contributed by atoms with Gasteiger partial charge in [-0.1, -0.05) is 24.3 Å². The predicted octanol–water partition coefficient (Wildman–Crippen LogP) is 3.91. The van der Waals surface area contributed by atoms with Crippen LogP contribution >= 0.6 is 11.3 Å². The zero-order valence-corrected chi connectivity index (χ0v) is 17.7. The smallest absolute Gasteiger partial charge is 0.278 e. The van der Waals surface area contributed by atoms with Crippen molar-refractivity contribution >= 4 is 33.9 Å². The Balaban J connectivity index is 1.74. The Kier molecular flexibility index (Phi) is 5.69. The monoisotopic (exact) mass is 418 g/mol. The van der Waals surface area contributed by atoms with E-state index in [9.17, 15) is 4.79 Å². The number of allylic oxidation sites excluding steroid dienone is 1. The third kappa shape index (κ3) is 4.14. The second-order valence-corrected chi connectivity index (χ2v) is 8.07. The standard InChI is InChI=1S/C22H22N6OS/c1-4-11-28-21(29)17-13-23-22(24-16-9-7-15(8-10-16)14-27(2)3)25-19(17)20(26-28)18-6-5-12-30-18/h4-10,12-13H,1,11,14H2,2-3H3,(H,23,24,25). The van der Waals surface area contributed by atoms with Crippen LogP contribution in [0, 0.1) is 0 Å². The molecule has 1 N–H and O–H groups in total. The molecule has 8 heteroatoms. The molecule has 0 atom stereocenters. The number of aromatic nitrogens is 4. The first-order valence-electron chi connectivity index (χ1n) is 9.48. The molecule has 0 unspecified atom stereocenters. The van der Waals surface area contributed by atoms with Crippen molar-refractivity contribution in [1.29, 1.82) is 0 Å². The summed E-state index contributed by atoms with van der Waals surface area (Å²) in [6.07, 6.45) is 3.21. The van der Waals surface area contributed by atoms with E-state index in [1.165, 1.54) is 10.2 Å². The van der Waals surface area contributed by atoms with Crippen molar-refractivity contribution in [2.45, 2.75) is 13.1 Å². The lowest BCUT2D eigenvalue weighted by Crippen LogP contribution is -2.24. The number of benzene rings is 1. The van der Waals surface area contributed by atoms with Crippen LogP contribution in [0.2, 0.25) is 0 Å². The van der Waals surface area contributed by atoms with Crippen LogP contribution in [-0.2, 0) is 13.1 Å². The Bertz CT molecular complexity index is 1230. The highest BCUT2D eigenvalue weighted by molar-refractivity contribution is 7.13. The van der Waals surface area contributed by atoms with Crippen molar-refractivity contribution in [2.24, 2.45) is 0 Å². The zero-order valence-electron chi connectivity index (χ0n) is 16.9. The molecule has 0 aliphatic heterocycles. The van der Waals surface area contributed by atoms with E-state index in [2.05, 4.69) is 44.0 Å². The van der Waals surface area contributed by atoms with E-state index in [1.807, 2.05) is 43.7 Å². The number of thiophene rings is 1. The van der Waals surface area contributed by atoms with E-state index in [1.54, 1.807) is 23.6 Å². The fourth-order valence-electron chi connectivity index (χ4n) is 3.14. The lowest BCUT2D eigenvalue weighted by molar-refractivity contribution is 0.402.